The van der Waals surface area contributed by atoms with E-state index in [1.807, 2.05) is 41.8 Å². The molecule has 28 heavy (non-hydrogen) atoms. The monoisotopic (exact) mass is 382 g/mol. The van der Waals surface area contributed by atoms with E-state index < -0.39 is 11.9 Å². The van der Waals surface area contributed by atoms with Crippen molar-refractivity contribution >= 4 is 22.8 Å². The highest BCUT2D eigenvalue weighted by molar-refractivity contribution is 6.07. The molecule has 0 aliphatic rings. The fourth-order valence-electron chi connectivity index (χ4n) is 3.17. The van der Waals surface area contributed by atoms with Crippen LogP contribution >= 0.6 is 0 Å². The molecule has 3 aromatic rings. The maximum absolute atomic E-state index is 12.6. The molecule has 0 radical (unpaired) electrons. The van der Waals surface area contributed by atoms with Crippen LogP contribution in [0.15, 0.2) is 42.5 Å². The van der Waals surface area contributed by atoms with Crippen LogP contribution in [0.3, 0.4) is 0 Å². The molecule has 0 aliphatic heterocycles. The summed E-state index contributed by atoms with van der Waals surface area (Å²) in [5.74, 6) is 0.205. The SMILES string of the molecule is CCOC(=O)c1c(C)n(-c2ccc(OC)cc2)c2ccc(OCC(N)=O)cc12. The highest BCUT2D eigenvalue weighted by Gasteiger charge is 2.22. The minimum absolute atomic E-state index is 0.238. The summed E-state index contributed by atoms with van der Waals surface area (Å²) in [5, 5.41) is 0.675. The van der Waals surface area contributed by atoms with Crippen molar-refractivity contribution in [3.8, 4) is 17.2 Å². The maximum atomic E-state index is 12.6. The molecule has 0 aliphatic carbocycles. The first-order chi connectivity index (χ1) is 13.5. The summed E-state index contributed by atoms with van der Waals surface area (Å²) in [6, 6.07) is 12.8. The predicted molar refractivity (Wildman–Crippen MR) is 105 cm³/mol. The summed E-state index contributed by atoms with van der Waals surface area (Å²) in [5.41, 5.74) is 8.04. The van der Waals surface area contributed by atoms with Crippen molar-refractivity contribution in [1.82, 2.24) is 4.57 Å². The van der Waals surface area contributed by atoms with Gasteiger partial charge < -0.3 is 24.5 Å². The Morgan fingerprint density at radius 1 is 1.07 bits per heavy atom. The Morgan fingerprint density at radius 2 is 1.75 bits per heavy atom. The maximum Gasteiger partial charge on any atom is 0.340 e. The van der Waals surface area contributed by atoms with E-state index in [9.17, 15) is 9.59 Å². The third-order valence-electron chi connectivity index (χ3n) is 4.37. The average Bonchev–Trinajstić information content (AvgIpc) is 2.97. The molecule has 2 N–H and O–H groups in total. The van der Waals surface area contributed by atoms with Crippen molar-refractivity contribution in [3.63, 3.8) is 0 Å². The standard InChI is InChI=1S/C21H22N2O5/c1-4-27-21(25)20-13(2)23(14-5-7-15(26-3)8-6-14)18-10-9-16(11-17(18)20)28-12-19(22)24/h5-11H,4,12H2,1-3H3,(H2,22,24). The number of hydrogen-bond acceptors (Lipinski definition) is 5. The summed E-state index contributed by atoms with van der Waals surface area (Å²) in [6.45, 7) is 3.65. The summed E-state index contributed by atoms with van der Waals surface area (Å²) in [6.07, 6.45) is 0. The molecule has 1 heterocycles. The van der Waals surface area contributed by atoms with Crippen LogP contribution in [-0.2, 0) is 9.53 Å². The van der Waals surface area contributed by atoms with Crippen LogP contribution < -0.4 is 15.2 Å². The van der Waals surface area contributed by atoms with Gasteiger partial charge >= 0.3 is 5.97 Å². The Balaban J connectivity index is 2.18. The summed E-state index contributed by atoms with van der Waals surface area (Å²) < 4.78 is 17.8. The average molecular weight is 382 g/mol. The molecule has 1 amide bonds. The van der Waals surface area contributed by atoms with Crippen molar-refractivity contribution in [2.45, 2.75) is 13.8 Å². The second kappa shape index (κ2) is 8.04. The van der Waals surface area contributed by atoms with E-state index in [4.69, 9.17) is 19.9 Å². The Kier molecular flexibility index (Phi) is 5.54. The molecule has 7 heteroatoms. The molecule has 0 bridgehead atoms. The minimum Gasteiger partial charge on any atom is -0.497 e. The van der Waals surface area contributed by atoms with E-state index in [2.05, 4.69) is 0 Å². The van der Waals surface area contributed by atoms with Gasteiger partial charge in [0.15, 0.2) is 6.61 Å². The second-order valence-electron chi connectivity index (χ2n) is 6.15. The molecular formula is C21H22N2O5. The third-order valence-corrected chi connectivity index (χ3v) is 4.37. The lowest BCUT2D eigenvalue weighted by atomic mass is 10.1. The molecule has 7 nitrogen and oxygen atoms in total. The molecule has 0 saturated carbocycles. The van der Waals surface area contributed by atoms with Crippen LogP contribution in [0, 0.1) is 6.92 Å². The number of fused-ring (bicyclic) bond motifs is 1. The van der Waals surface area contributed by atoms with Crippen molar-refractivity contribution in [3.05, 3.63) is 53.7 Å². The zero-order chi connectivity index (χ0) is 20.3. The summed E-state index contributed by atoms with van der Waals surface area (Å²) >= 11 is 0. The Morgan fingerprint density at radius 3 is 2.36 bits per heavy atom. The number of nitrogens with two attached hydrogens (primary N) is 1. The number of hydrogen-bond donors (Lipinski definition) is 1. The van der Waals surface area contributed by atoms with Crippen LogP contribution in [0.5, 0.6) is 11.5 Å². The lowest BCUT2D eigenvalue weighted by Crippen LogP contribution is -2.19. The van der Waals surface area contributed by atoms with Gasteiger partial charge in [0.25, 0.3) is 5.91 Å². The van der Waals surface area contributed by atoms with E-state index in [1.165, 1.54) is 0 Å². The smallest absolute Gasteiger partial charge is 0.340 e. The molecule has 2 aromatic carbocycles. The van der Waals surface area contributed by atoms with Gasteiger partial charge in [-0.2, -0.15) is 0 Å². The van der Waals surface area contributed by atoms with Gasteiger partial charge in [-0.25, -0.2) is 4.79 Å². The molecule has 146 valence electrons. The number of amides is 1. The molecule has 1 aromatic heterocycles. The summed E-state index contributed by atoms with van der Waals surface area (Å²) in [4.78, 5) is 23.6. The molecular weight excluding hydrogens is 360 g/mol. The van der Waals surface area contributed by atoms with Crippen molar-refractivity contribution in [2.24, 2.45) is 5.73 Å². The first-order valence-corrected chi connectivity index (χ1v) is 8.84. The largest absolute Gasteiger partial charge is 0.497 e. The number of carbonyl (C=O) groups excluding carboxylic acids is 2. The zero-order valence-corrected chi connectivity index (χ0v) is 16.0. The number of aromatic nitrogens is 1. The van der Waals surface area contributed by atoms with E-state index in [0.717, 1.165) is 22.6 Å². The topological polar surface area (TPSA) is 92.8 Å². The van der Waals surface area contributed by atoms with Gasteiger partial charge in [-0.15, -0.1) is 0 Å². The van der Waals surface area contributed by atoms with Gasteiger partial charge in [-0.3, -0.25) is 4.79 Å². The van der Waals surface area contributed by atoms with Gasteiger partial charge in [0.2, 0.25) is 0 Å². The number of nitrogens with zero attached hydrogens (tertiary/aromatic N) is 1. The number of benzene rings is 2. The highest BCUT2D eigenvalue weighted by Crippen LogP contribution is 2.33. The Bertz CT molecular complexity index is 1020. The molecule has 0 spiro atoms. The molecule has 0 unspecified atom stereocenters. The van der Waals surface area contributed by atoms with Gasteiger partial charge in [0.1, 0.15) is 11.5 Å². The first kappa shape index (κ1) is 19.3. The van der Waals surface area contributed by atoms with Crippen LogP contribution in [0.4, 0.5) is 0 Å². The predicted octanol–water partition coefficient (Wildman–Crippen LogP) is 2.99. The normalized spacial score (nSPS) is 10.7. The Hall–Kier alpha value is -3.48. The van der Waals surface area contributed by atoms with Crippen LogP contribution in [0.2, 0.25) is 0 Å². The second-order valence-corrected chi connectivity index (χ2v) is 6.15. The molecule has 3 rings (SSSR count). The van der Waals surface area contributed by atoms with Crippen LogP contribution in [0.25, 0.3) is 16.6 Å². The van der Waals surface area contributed by atoms with Gasteiger partial charge in [-0.05, 0) is 56.3 Å². The fourth-order valence-corrected chi connectivity index (χ4v) is 3.17. The highest BCUT2D eigenvalue weighted by atomic mass is 16.5. The third kappa shape index (κ3) is 3.64. The number of rotatable bonds is 7. The number of carbonyl (C=O) groups is 2. The number of primary amides is 1. The molecule has 0 saturated heterocycles. The quantitative estimate of drug-likeness (QED) is 0.634. The van der Waals surface area contributed by atoms with Crippen LogP contribution in [0.1, 0.15) is 23.0 Å². The van der Waals surface area contributed by atoms with E-state index >= 15 is 0 Å². The zero-order valence-electron chi connectivity index (χ0n) is 16.0. The lowest BCUT2D eigenvalue weighted by molar-refractivity contribution is -0.119. The van der Waals surface area contributed by atoms with E-state index in [1.54, 1.807) is 26.2 Å². The number of ether oxygens (including phenoxy) is 3. The molecule has 0 atom stereocenters. The molecule has 0 fully saturated rings. The minimum atomic E-state index is -0.572. The van der Waals surface area contributed by atoms with Crippen molar-refractivity contribution in [2.75, 3.05) is 20.3 Å². The summed E-state index contributed by atoms with van der Waals surface area (Å²) in [7, 11) is 1.61. The first-order valence-electron chi connectivity index (χ1n) is 8.84. The van der Waals surface area contributed by atoms with Crippen LogP contribution in [-0.4, -0.2) is 36.8 Å². The number of methoxy groups -OCH3 is 1. The fraction of sp³-hybridized carbons (Fsp3) is 0.238. The van der Waals surface area contributed by atoms with Gasteiger partial charge in [0, 0.05) is 16.8 Å². The van der Waals surface area contributed by atoms with Gasteiger partial charge in [-0.1, -0.05) is 0 Å². The van der Waals surface area contributed by atoms with Crippen molar-refractivity contribution < 1.29 is 23.8 Å². The lowest BCUT2D eigenvalue weighted by Gasteiger charge is -2.10. The van der Waals surface area contributed by atoms with Crippen molar-refractivity contribution in [1.29, 1.82) is 0 Å². The Labute approximate surface area is 162 Å². The van der Waals surface area contributed by atoms with E-state index in [-0.39, 0.29) is 13.2 Å². The number of esters is 1. The van der Waals surface area contributed by atoms with Gasteiger partial charge in [0.05, 0.1) is 24.8 Å². The van der Waals surface area contributed by atoms with E-state index in [0.29, 0.717) is 16.7 Å².